The van der Waals surface area contributed by atoms with Crippen LogP contribution in [0, 0.1) is 0 Å². The standard InChI is InChI=1S/C36H40N4O5/c41-36(42)24-8-10-32-33(17-24)40(18-27-13-16-44-27)34(37-32)19-39-14-11-23(12-15-39)31-5-2-6-35(38-31)45-22-25-7-9-29(26-20-43-21-26)30-4-1-3-28(25)30/h2,5-10,17,23,26-27H,1,3-4,11-16,18-22H2,(H,41,42)/t27-/m0/s1. The molecule has 9 nitrogen and oxygen atoms in total. The Hall–Kier alpha value is -3.79. The summed E-state index contributed by atoms with van der Waals surface area (Å²) in [6, 6.07) is 15.9. The minimum atomic E-state index is -0.923. The highest BCUT2D eigenvalue weighted by atomic mass is 16.5. The van der Waals surface area contributed by atoms with Crippen molar-refractivity contribution >= 4 is 17.0 Å². The molecule has 1 N–H and O–H groups in total. The van der Waals surface area contributed by atoms with Gasteiger partial charge in [-0.25, -0.2) is 14.8 Å². The first-order chi connectivity index (χ1) is 22.1. The third-order valence-electron chi connectivity index (χ3n) is 10.2. The molecule has 45 heavy (non-hydrogen) atoms. The van der Waals surface area contributed by atoms with Gasteiger partial charge in [0, 0.05) is 30.2 Å². The lowest BCUT2D eigenvalue weighted by Gasteiger charge is -2.32. The molecule has 0 spiro atoms. The van der Waals surface area contributed by atoms with Gasteiger partial charge in [-0.2, -0.15) is 0 Å². The summed E-state index contributed by atoms with van der Waals surface area (Å²) in [4.78, 5) is 24.0. The predicted octanol–water partition coefficient (Wildman–Crippen LogP) is 5.48. The average Bonchev–Trinajstić information content (AvgIpc) is 3.63. The second-order valence-electron chi connectivity index (χ2n) is 13.0. The Bertz CT molecular complexity index is 1720. The van der Waals surface area contributed by atoms with Gasteiger partial charge < -0.3 is 23.9 Å². The van der Waals surface area contributed by atoms with E-state index in [0.29, 0.717) is 30.9 Å². The number of fused-ring (bicyclic) bond motifs is 2. The summed E-state index contributed by atoms with van der Waals surface area (Å²) in [7, 11) is 0. The number of piperidine rings is 1. The Kier molecular flexibility index (Phi) is 7.77. The zero-order valence-electron chi connectivity index (χ0n) is 25.6. The molecule has 234 valence electrons. The average molecular weight is 609 g/mol. The Morgan fingerprint density at radius 3 is 2.58 bits per heavy atom. The number of imidazole rings is 1. The van der Waals surface area contributed by atoms with Crippen molar-refractivity contribution in [1.82, 2.24) is 19.4 Å². The lowest BCUT2D eigenvalue weighted by Crippen LogP contribution is -2.35. The Balaban J connectivity index is 0.915. The van der Waals surface area contributed by atoms with Crippen molar-refractivity contribution in [2.24, 2.45) is 0 Å². The van der Waals surface area contributed by atoms with E-state index in [1.807, 2.05) is 12.1 Å². The monoisotopic (exact) mass is 608 g/mol. The van der Waals surface area contributed by atoms with Gasteiger partial charge in [0.05, 0.1) is 49.0 Å². The number of aromatic carboxylic acids is 1. The molecule has 0 radical (unpaired) electrons. The Labute approximate surface area is 263 Å². The maximum absolute atomic E-state index is 11.6. The van der Waals surface area contributed by atoms with E-state index < -0.39 is 5.97 Å². The Morgan fingerprint density at radius 2 is 1.82 bits per heavy atom. The van der Waals surface area contributed by atoms with Gasteiger partial charge in [0.1, 0.15) is 12.4 Å². The van der Waals surface area contributed by atoms with Gasteiger partial charge in [-0.15, -0.1) is 0 Å². The summed E-state index contributed by atoms with van der Waals surface area (Å²) in [6.45, 7) is 6.37. The van der Waals surface area contributed by atoms with E-state index >= 15 is 0 Å². The summed E-state index contributed by atoms with van der Waals surface area (Å²) in [5.74, 6) is 1.69. The third-order valence-corrected chi connectivity index (χ3v) is 10.2. The van der Waals surface area contributed by atoms with E-state index in [4.69, 9.17) is 24.2 Å². The molecule has 2 aromatic heterocycles. The fraction of sp³-hybridized carbons (Fsp3) is 0.472. The van der Waals surface area contributed by atoms with Crippen LogP contribution in [0.5, 0.6) is 5.88 Å². The van der Waals surface area contributed by atoms with Crippen LogP contribution >= 0.6 is 0 Å². The second-order valence-corrected chi connectivity index (χ2v) is 13.0. The molecule has 4 aliphatic rings. The van der Waals surface area contributed by atoms with Crippen molar-refractivity contribution in [2.45, 2.75) is 76.2 Å². The molecule has 3 fully saturated rings. The highest BCUT2D eigenvalue weighted by molar-refractivity contribution is 5.92. The van der Waals surface area contributed by atoms with Gasteiger partial charge in [-0.05, 0) is 98.1 Å². The van der Waals surface area contributed by atoms with Gasteiger partial charge in [-0.1, -0.05) is 18.2 Å². The number of benzene rings is 2. The summed E-state index contributed by atoms with van der Waals surface area (Å²) in [5, 5.41) is 9.55. The van der Waals surface area contributed by atoms with Gasteiger partial charge in [0.15, 0.2) is 0 Å². The number of rotatable bonds is 10. The molecule has 0 amide bonds. The first kappa shape index (κ1) is 28.7. The molecule has 0 saturated carbocycles. The van der Waals surface area contributed by atoms with Crippen LogP contribution in [0.25, 0.3) is 11.0 Å². The normalized spacial score (nSPS) is 20.6. The number of carbonyl (C=O) groups is 1. The van der Waals surface area contributed by atoms with Crippen LogP contribution in [0.15, 0.2) is 48.5 Å². The van der Waals surface area contributed by atoms with Crippen LogP contribution in [-0.4, -0.2) is 69.5 Å². The summed E-state index contributed by atoms with van der Waals surface area (Å²) in [6.07, 6.45) is 6.73. The fourth-order valence-corrected chi connectivity index (χ4v) is 7.48. The highest BCUT2D eigenvalue weighted by Crippen LogP contribution is 2.36. The van der Waals surface area contributed by atoms with Crippen molar-refractivity contribution in [3.63, 3.8) is 0 Å². The smallest absolute Gasteiger partial charge is 0.335 e. The van der Waals surface area contributed by atoms with E-state index in [0.717, 1.165) is 87.7 Å². The quantitative estimate of drug-likeness (QED) is 0.253. The maximum atomic E-state index is 11.6. The molecule has 0 unspecified atom stereocenters. The van der Waals surface area contributed by atoms with Crippen LogP contribution in [0.3, 0.4) is 0 Å². The van der Waals surface area contributed by atoms with Crippen LogP contribution in [0.1, 0.15) is 81.6 Å². The number of carboxylic acids is 1. The van der Waals surface area contributed by atoms with Gasteiger partial charge in [0.2, 0.25) is 5.88 Å². The molecule has 2 aromatic carbocycles. The summed E-state index contributed by atoms with van der Waals surface area (Å²) >= 11 is 0. The second kappa shape index (κ2) is 12.2. The highest BCUT2D eigenvalue weighted by Gasteiger charge is 2.29. The molecular weight excluding hydrogens is 568 g/mol. The van der Waals surface area contributed by atoms with Gasteiger partial charge in [0.25, 0.3) is 0 Å². The molecule has 3 saturated heterocycles. The van der Waals surface area contributed by atoms with Crippen molar-refractivity contribution in [3.8, 4) is 5.88 Å². The number of hydrogen-bond donors (Lipinski definition) is 1. The summed E-state index contributed by atoms with van der Waals surface area (Å²) in [5.41, 5.74) is 8.89. The van der Waals surface area contributed by atoms with Crippen molar-refractivity contribution in [3.05, 3.63) is 87.9 Å². The lowest BCUT2D eigenvalue weighted by atomic mass is 9.89. The Morgan fingerprint density at radius 1 is 0.978 bits per heavy atom. The van der Waals surface area contributed by atoms with Crippen molar-refractivity contribution < 1.29 is 24.1 Å². The zero-order valence-corrected chi connectivity index (χ0v) is 25.6. The van der Waals surface area contributed by atoms with E-state index in [9.17, 15) is 9.90 Å². The van der Waals surface area contributed by atoms with Crippen LogP contribution in [0.4, 0.5) is 0 Å². The first-order valence-corrected chi connectivity index (χ1v) is 16.5. The molecule has 3 aliphatic heterocycles. The summed E-state index contributed by atoms with van der Waals surface area (Å²) < 4.78 is 19.7. The molecule has 1 aliphatic carbocycles. The number of carboxylic acid groups (broad SMARTS) is 1. The lowest BCUT2D eigenvalue weighted by molar-refractivity contribution is -0.0592. The molecule has 1 atom stereocenters. The van der Waals surface area contributed by atoms with E-state index in [2.05, 4.69) is 33.7 Å². The number of ether oxygens (including phenoxy) is 3. The molecule has 0 bridgehead atoms. The molecule has 5 heterocycles. The molecule has 4 aromatic rings. The number of pyridine rings is 1. The topological polar surface area (TPSA) is 98.9 Å². The maximum Gasteiger partial charge on any atom is 0.335 e. The van der Waals surface area contributed by atoms with Crippen molar-refractivity contribution in [2.75, 3.05) is 32.9 Å². The fourth-order valence-electron chi connectivity index (χ4n) is 7.48. The largest absolute Gasteiger partial charge is 0.478 e. The van der Waals surface area contributed by atoms with E-state index in [-0.39, 0.29) is 11.7 Å². The van der Waals surface area contributed by atoms with Crippen LogP contribution < -0.4 is 4.74 Å². The number of aromatic nitrogens is 3. The predicted molar refractivity (Wildman–Crippen MR) is 169 cm³/mol. The minimum absolute atomic E-state index is 0.156. The minimum Gasteiger partial charge on any atom is -0.478 e. The SMILES string of the molecule is O=C(O)c1ccc2nc(CN3CCC(c4cccc(OCc5ccc(C6COC6)c6c5CCC6)n4)CC3)n(C[C@@H]3CCO3)c2c1. The van der Waals surface area contributed by atoms with Crippen molar-refractivity contribution in [1.29, 1.82) is 0 Å². The van der Waals surface area contributed by atoms with Gasteiger partial charge >= 0.3 is 5.97 Å². The van der Waals surface area contributed by atoms with Gasteiger partial charge in [-0.3, -0.25) is 4.90 Å². The van der Waals surface area contributed by atoms with Crippen LogP contribution in [-0.2, 0) is 42.0 Å². The first-order valence-electron chi connectivity index (χ1n) is 16.5. The van der Waals surface area contributed by atoms with Crippen LogP contribution in [0.2, 0.25) is 0 Å². The molecular formula is C36H40N4O5. The molecule has 8 rings (SSSR count). The zero-order chi connectivity index (χ0) is 30.3. The van der Waals surface area contributed by atoms with E-state index in [1.54, 1.807) is 12.1 Å². The van der Waals surface area contributed by atoms with E-state index in [1.165, 1.54) is 35.1 Å². The third kappa shape index (κ3) is 5.73. The number of hydrogen-bond acceptors (Lipinski definition) is 7. The number of likely N-dealkylation sites (tertiary alicyclic amines) is 1. The number of nitrogens with zero attached hydrogens (tertiary/aromatic N) is 4. The molecule has 9 heteroatoms.